The number of halogens is 2. The molecule has 1 unspecified atom stereocenters. The van der Waals surface area contributed by atoms with Gasteiger partial charge in [-0.05, 0) is 31.2 Å². The van der Waals surface area contributed by atoms with Crippen LogP contribution in [0, 0.1) is 0 Å². The molecule has 0 saturated heterocycles. The van der Waals surface area contributed by atoms with E-state index in [2.05, 4.69) is 0 Å². The van der Waals surface area contributed by atoms with Crippen LogP contribution in [-0.2, 0) is 9.84 Å². The second kappa shape index (κ2) is 4.35. The first kappa shape index (κ1) is 13.5. The van der Waals surface area contributed by atoms with Crippen LogP contribution in [0.25, 0.3) is 0 Å². The van der Waals surface area contributed by atoms with Crippen LogP contribution >= 0.6 is 23.2 Å². The highest BCUT2D eigenvalue weighted by molar-refractivity contribution is 7.94. The van der Waals surface area contributed by atoms with Gasteiger partial charge in [-0.15, -0.1) is 0 Å². The highest BCUT2D eigenvalue weighted by atomic mass is 35.5. The number of sulfone groups is 1. The second-order valence-electron chi connectivity index (χ2n) is 3.52. The Balaban J connectivity index is 3.18. The van der Waals surface area contributed by atoms with Gasteiger partial charge in [0.15, 0.2) is 15.6 Å². The van der Waals surface area contributed by atoms with Gasteiger partial charge in [-0.25, -0.2) is 8.42 Å². The number of carbonyl (C=O) groups is 1. The number of alkyl halides is 1. The van der Waals surface area contributed by atoms with Crippen LogP contribution in [0.5, 0.6) is 0 Å². The van der Waals surface area contributed by atoms with Crippen molar-refractivity contribution < 1.29 is 13.2 Å². The van der Waals surface area contributed by atoms with Crippen molar-refractivity contribution in [2.75, 3.05) is 6.26 Å². The van der Waals surface area contributed by atoms with Gasteiger partial charge >= 0.3 is 0 Å². The summed E-state index contributed by atoms with van der Waals surface area (Å²) >= 11 is 11.4. The number of ketones is 1. The quantitative estimate of drug-likeness (QED) is 0.632. The fourth-order valence-corrected chi connectivity index (χ4v) is 1.72. The maximum absolute atomic E-state index is 11.9. The minimum absolute atomic E-state index is 0.215. The number of hydrogen-bond donors (Lipinski definition) is 0. The van der Waals surface area contributed by atoms with E-state index in [4.69, 9.17) is 23.2 Å². The predicted molar refractivity (Wildman–Crippen MR) is 64.9 cm³/mol. The molecule has 1 atom stereocenters. The maximum Gasteiger partial charge on any atom is 0.204 e. The van der Waals surface area contributed by atoms with Crippen LogP contribution in [0.3, 0.4) is 0 Å². The van der Waals surface area contributed by atoms with Gasteiger partial charge in [0, 0.05) is 16.8 Å². The van der Waals surface area contributed by atoms with Gasteiger partial charge in [0.05, 0.1) is 0 Å². The molecule has 16 heavy (non-hydrogen) atoms. The van der Waals surface area contributed by atoms with Crippen molar-refractivity contribution in [3.63, 3.8) is 0 Å². The Hall–Kier alpha value is -0.580. The molecule has 0 fully saturated rings. The molecule has 0 aliphatic heterocycles. The minimum atomic E-state index is -3.68. The molecule has 1 aromatic carbocycles. The van der Waals surface area contributed by atoms with Crippen LogP contribution < -0.4 is 0 Å². The molecule has 0 saturated carbocycles. The van der Waals surface area contributed by atoms with Crippen LogP contribution in [-0.4, -0.2) is 24.7 Å². The van der Waals surface area contributed by atoms with Crippen molar-refractivity contribution in [3.05, 3.63) is 34.9 Å². The fraction of sp³-hybridized carbons (Fsp3) is 0.300. The van der Waals surface area contributed by atoms with Crippen molar-refractivity contribution in [1.82, 2.24) is 0 Å². The summed E-state index contributed by atoms with van der Waals surface area (Å²) in [6.07, 6.45) is 0.924. The second-order valence-corrected chi connectivity index (χ2v) is 7.30. The molecular formula is C10H10Cl2O3S. The number of Topliss-reactive ketones (excluding diaryl/α,β-unsaturated/α-hetero) is 1. The lowest BCUT2D eigenvalue weighted by Crippen LogP contribution is -2.37. The molecule has 0 radical (unpaired) electrons. The number of carbonyl (C=O) groups excluding carboxylic acids is 1. The largest absolute Gasteiger partial charge is 0.291 e. The summed E-state index contributed by atoms with van der Waals surface area (Å²) in [6.45, 7) is 1.17. The molecule has 0 spiro atoms. The van der Waals surface area contributed by atoms with E-state index in [1.807, 2.05) is 0 Å². The summed E-state index contributed by atoms with van der Waals surface area (Å²) in [7, 11) is -3.68. The molecule has 1 rings (SSSR count). The molecule has 88 valence electrons. The van der Waals surface area contributed by atoms with E-state index in [9.17, 15) is 13.2 Å². The van der Waals surface area contributed by atoms with Gasteiger partial charge in [0.2, 0.25) is 4.21 Å². The first-order chi connectivity index (χ1) is 7.16. The average molecular weight is 281 g/mol. The molecular weight excluding hydrogens is 271 g/mol. The molecule has 0 heterocycles. The summed E-state index contributed by atoms with van der Waals surface area (Å²) in [4.78, 5) is 11.9. The summed E-state index contributed by atoms with van der Waals surface area (Å²) in [5.74, 6) is -0.659. The monoisotopic (exact) mass is 280 g/mol. The standard InChI is InChI=1S/C10H10Cl2O3S/c1-10(12,16(2,14)15)9(13)7-3-5-8(11)6-4-7/h3-6H,1-2H3. The van der Waals surface area contributed by atoms with E-state index in [1.165, 1.54) is 31.2 Å². The average Bonchev–Trinajstić information content (AvgIpc) is 2.16. The highest BCUT2D eigenvalue weighted by Crippen LogP contribution is 2.27. The smallest absolute Gasteiger partial charge is 0.204 e. The lowest BCUT2D eigenvalue weighted by atomic mass is 10.1. The van der Waals surface area contributed by atoms with Crippen molar-refractivity contribution >= 4 is 38.8 Å². The number of benzene rings is 1. The Morgan fingerprint density at radius 3 is 2.06 bits per heavy atom. The van der Waals surface area contributed by atoms with Gasteiger partial charge in [-0.1, -0.05) is 23.2 Å². The third-order valence-corrected chi connectivity index (χ3v) is 5.05. The topological polar surface area (TPSA) is 51.2 Å². The Labute approximate surface area is 104 Å². The van der Waals surface area contributed by atoms with Gasteiger partial charge in [0.25, 0.3) is 0 Å². The first-order valence-corrected chi connectivity index (χ1v) is 7.00. The van der Waals surface area contributed by atoms with Crippen molar-refractivity contribution in [3.8, 4) is 0 Å². The Morgan fingerprint density at radius 2 is 1.69 bits per heavy atom. The van der Waals surface area contributed by atoms with E-state index in [-0.39, 0.29) is 5.56 Å². The van der Waals surface area contributed by atoms with E-state index in [0.717, 1.165) is 6.26 Å². The van der Waals surface area contributed by atoms with E-state index in [1.54, 1.807) is 0 Å². The molecule has 0 aliphatic rings. The summed E-state index contributed by atoms with van der Waals surface area (Å²) in [6, 6.07) is 5.89. The number of hydrogen-bond acceptors (Lipinski definition) is 3. The Morgan fingerprint density at radius 1 is 1.25 bits per heavy atom. The Kier molecular flexibility index (Phi) is 3.67. The SMILES string of the molecule is CC(Cl)(C(=O)c1ccc(Cl)cc1)S(C)(=O)=O. The first-order valence-electron chi connectivity index (χ1n) is 4.35. The minimum Gasteiger partial charge on any atom is -0.291 e. The molecule has 6 heteroatoms. The molecule has 3 nitrogen and oxygen atoms in total. The molecule has 0 amide bonds. The Bertz CT molecular complexity index is 503. The fourth-order valence-electron chi connectivity index (χ4n) is 1.03. The van der Waals surface area contributed by atoms with Crippen molar-refractivity contribution in [2.45, 2.75) is 11.1 Å². The third kappa shape index (κ3) is 2.56. The molecule has 0 N–H and O–H groups in total. The lowest BCUT2D eigenvalue weighted by molar-refractivity contribution is 0.0978. The van der Waals surface area contributed by atoms with E-state index >= 15 is 0 Å². The molecule has 0 aliphatic carbocycles. The van der Waals surface area contributed by atoms with Crippen LogP contribution in [0.1, 0.15) is 17.3 Å². The molecule has 0 aromatic heterocycles. The zero-order valence-electron chi connectivity index (χ0n) is 8.70. The van der Waals surface area contributed by atoms with Crippen molar-refractivity contribution in [2.24, 2.45) is 0 Å². The van der Waals surface area contributed by atoms with Gasteiger partial charge in [-0.2, -0.15) is 0 Å². The highest BCUT2D eigenvalue weighted by Gasteiger charge is 2.41. The van der Waals surface area contributed by atoms with E-state index < -0.39 is 19.8 Å². The normalized spacial score (nSPS) is 15.5. The molecule has 0 bridgehead atoms. The maximum atomic E-state index is 11.9. The predicted octanol–water partition coefficient (Wildman–Crippen LogP) is 2.52. The summed E-state index contributed by atoms with van der Waals surface area (Å²) in [5, 5.41) is 0.465. The van der Waals surface area contributed by atoms with Crippen LogP contribution in [0.15, 0.2) is 24.3 Å². The van der Waals surface area contributed by atoms with E-state index in [0.29, 0.717) is 5.02 Å². The third-order valence-electron chi connectivity index (χ3n) is 2.21. The zero-order chi connectivity index (χ0) is 12.6. The van der Waals surface area contributed by atoms with Gasteiger partial charge < -0.3 is 0 Å². The molecule has 1 aromatic rings. The van der Waals surface area contributed by atoms with Gasteiger partial charge in [0.1, 0.15) is 0 Å². The van der Waals surface area contributed by atoms with Crippen LogP contribution in [0.4, 0.5) is 0 Å². The van der Waals surface area contributed by atoms with Crippen LogP contribution in [0.2, 0.25) is 5.02 Å². The zero-order valence-corrected chi connectivity index (χ0v) is 11.0. The van der Waals surface area contributed by atoms with Gasteiger partial charge in [-0.3, -0.25) is 4.79 Å². The number of rotatable bonds is 3. The summed E-state index contributed by atoms with van der Waals surface area (Å²) < 4.78 is 20.8. The van der Waals surface area contributed by atoms with Crippen molar-refractivity contribution in [1.29, 1.82) is 0 Å². The summed E-state index contributed by atoms with van der Waals surface area (Å²) in [5.41, 5.74) is 0.215. The lowest BCUT2D eigenvalue weighted by Gasteiger charge is -2.18.